The monoisotopic (exact) mass is 285 g/mol. The Hall–Kier alpha value is -1.46. The predicted octanol–water partition coefficient (Wildman–Crippen LogP) is 3.86. The molecule has 0 aliphatic rings. The van der Waals surface area contributed by atoms with Gasteiger partial charge in [-0.05, 0) is 18.6 Å². The van der Waals surface area contributed by atoms with Gasteiger partial charge in [0.1, 0.15) is 15.7 Å². The van der Waals surface area contributed by atoms with Gasteiger partial charge in [0, 0.05) is 5.56 Å². The van der Waals surface area contributed by atoms with Crippen LogP contribution in [0.5, 0.6) is 0 Å². The molecule has 1 aromatic heterocycles. The van der Waals surface area contributed by atoms with Crippen molar-refractivity contribution in [3.8, 4) is 10.6 Å². The second kappa shape index (κ2) is 5.04. The largest absolute Gasteiger partial charge is 0.477 e. The number of carboxylic acids is 1. The first-order valence-electron chi connectivity index (χ1n) is 5.21. The fourth-order valence-corrected chi connectivity index (χ4v) is 2.62. The smallest absolute Gasteiger partial charge is 0.347 e. The standard InChI is InChI=1S/C12H9ClFNO2S/c1-2-9-10(12(16)17)18-11(15-9)6-3-4-7(13)8(14)5-6/h3-5H,2H2,1H3,(H,16,17). The molecule has 0 saturated carbocycles. The zero-order valence-electron chi connectivity index (χ0n) is 9.41. The molecule has 2 rings (SSSR count). The van der Waals surface area contributed by atoms with Gasteiger partial charge in [-0.3, -0.25) is 0 Å². The fourth-order valence-electron chi connectivity index (χ4n) is 1.51. The Bertz CT molecular complexity index is 612. The topological polar surface area (TPSA) is 50.2 Å². The minimum Gasteiger partial charge on any atom is -0.477 e. The molecule has 0 unspecified atom stereocenters. The number of aryl methyl sites for hydroxylation is 1. The van der Waals surface area contributed by atoms with E-state index in [0.717, 1.165) is 11.3 Å². The maximum Gasteiger partial charge on any atom is 0.347 e. The summed E-state index contributed by atoms with van der Waals surface area (Å²) < 4.78 is 13.3. The molecule has 0 atom stereocenters. The van der Waals surface area contributed by atoms with E-state index in [1.54, 1.807) is 6.07 Å². The number of carboxylic acid groups (broad SMARTS) is 1. The number of thiazole rings is 1. The first kappa shape index (κ1) is 13.0. The third kappa shape index (κ3) is 2.37. The van der Waals surface area contributed by atoms with Crippen molar-refractivity contribution in [3.05, 3.63) is 39.6 Å². The van der Waals surface area contributed by atoms with Crippen molar-refractivity contribution in [1.29, 1.82) is 0 Å². The van der Waals surface area contributed by atoms with Crippen LogP contribution in [0.1, 0.15) is 22.3 Å². The molecule has 0 spiro atoms. The van der Waals surface area contributed by atoms with E-state index in [4.69, 9.17) is 16.7 Å². The van der Waals surface area contributed by atoms with Crippen molar-refractivity contribution in [2.24, 2.45) is 0 Å². The molecular formula is C12H9ClFNO2S. The van der Waals surface area contributed by atoms with Crippen LogP contribution in [0.25, 0.3) is 10.6 Å². The summed E-state index contributed by atoms with van der Waals surface area (Å²) in [4.78, 5) is 15.4. The summed E-state index contributed by atoms with van der Waals surface area (Å²) in [6.45, 7) is 1.83. The van der Waals surface area contributed by atoms with E-state index in [0.29, 0.717) is 22.7 Å². The second-order valence-electron chi connectivity index (χ2n) is 3.58. The van der Waals surface area contributed by atoms with Gasteiger partial charge >= 0.3 is 5.97 Å². The zero-order valence-corrected chi connectivity index (χ0v) is 11.0. The molecule has 94 valence electrons. The van der Waals surface area contributed by atoms with Crippen molar-refractivity contribution in [2.45, 2.75) is 13.3 Å². The number of rotatable bonds is 3. The SMILES string of the molecule is CCc1nc(-c2ccc(Cl)c(F)c2)sc1C(=O)O. The summed E-state index contributed by atoms with van der Waals surface area (Å²) in [6, 6.07) is 4.31. The maximum atomic E-state index is 13.3. The van der Waals surface area contributed by atoms with Crippen LogP contribution >= 0.6 is 22.9 Å². The molecule has 1 N–H and O–H groups in total. The molecule has 0 aliphatic carbocycles. The predicted molar refractivity (Wildman–Crippen MR) is 68.9 cm³/mol. The van der Waals surface area contributed by atoms with Gasteiger partial charge in [0.15, 0.2) is 0 Å². The number of hydrogen-bond acceptors (Lipinski definition) is 3. The molecule has 1 heterocycles. The highest BCUT2D eigenvalue weighted by atomic mass is 35.5. The van der Waals surface area contributed by atoms with Gasteiger partial charge in [0.25, 0.3) is 0 Å². The van der Waals surface area contributed by atoms with Crippen molar-refractivity contribution < 1.29 is 14.3 Å². The Balaban J connectivity index is 2.50. The average molecular weight is 286 g/mol. The normalized spacial score (nSPS) is 10.6. The quantitative estimate of drug-likeness (QED) is 0.931. The first-order valence-corrected chi connectivity index (χ1v) is 6.40. The van der Waals surface area contributed by atoms with Crippen LogP contribution in [0, 0.1) is 5.82 Å². The molecular weight excluding hydrogens is 277 g/mol. The lowest BCUT2D eigenvalue weighted by molar-refractivity contribution is 0.0701. The van der Waals surface area contributed by atoms with Gasteiger partial charge < -0.3 is 5.11 Å². The number of halogens is 2. The number of carbonyl (C=O) groups is 1. The minimum atomic E-state index is -1.01. The molecule has 0 fully saturated rings. The Labute approximate surface area is 112 Å². The van der Waals surface area contributed by atoms with Crippen molar-refractivity contribution in [1.82, 2.24) is 4.98 Å². The molecule has 18 heavy (non-hydrogen) atoms. The van der Waals surface area contributed by atoms with Gasteiger partial charge in [-0.15, -0.1) is 11.3 Å². The second-order valence-corrected chi connectivity index (χ2v) is 4.99. The summed E-state index contributed by atoms with van der Waals surface area (Å²) in [7, 11) is 0. The van der Waals surface area contributed by atoms with E-state index in [2.05, 4.69) is 4.98 Å². The lowest BCUT2D eigenvalue weighted by Gasteiger charge is -1.97. The van der Waals surface area contributed by atoms with E-state index in [1.165, 1.54) is 12.1 Å². The lowest BCUT2D eigenvalue weighted by Crippen LogP contribution is -1.97. The summed E-state index contributed by atoms with van der Waals surface area (Å²) in [5.41, 5.74) is 1.04. The van der Waals surface area contributed by atoms with E-state index >= 15 is 0 Å². The molecule has 1 aromatic carbocycles. The van der Waals surface area contributed by atoms with E-state index in [-0.39, 0.29) is 9.90 Å². The number of hydrogen-bond donors (Lipinski definition) is 1. The summed E-state index contributed by atoms with van der Waals surface area (Å²) >= 11 is 6.64. The van der Waals surface area contributed by atoms with Gasteiger partial charge in [0.2, 0.25) is 0 Å². The summed E-state index contributed by atoms with van der Waals surface area (Å²) in [6.07, 6.45) is 0.522. The molecule has 6 heteroatoms. The third-order valence-corrected chi connectivity index (χ3v) is 3.83. The first-order chi connectivity index (χ1) is 8.52. The molecule has 2 aromatic rings. The molecule has 3 nitrogen and oxygen atoms in total. The van der Waals surface area contributed by atoms with Crippen LogP contribution in [-0.4, -0.2) is 16.1 Å². The van der Waals surface area contributed by atoms with Gasteiger partial charge in [-0.2, -0.15) is 0 Å². The van der Waals surface area contributed by atoms with Crippen molar-refractivity contribution >= 4 is 28.9 Å². The number of aromatic nitrogens is 1. The van der Waals surface area contributed by atoms with Crippen molar-refractivity contribution in [2.75, 3.05) is 0 Å². The Kier molecular flexibility index (Phi) is 3.63. The number of benzene rings is 1. The van der Waals surface area contributed by atoms with E-state index < -0.39 is 11.8 Å². The van der Waals surface area contributed by atoms with Gasteiger partial charge in [-0.1, -0.05) is 24.6 Å². The third-order valence-electron chi connectivity index (χ3n) is 2.39. The Morgan fingerprint density at radius 2 is 2.28 bits per heavy atom. The highest BCUT2D eigenvalue weighted by molar-refractivity contribution is 7.17. The molecule has 0 amide bonds. The van der Waals surface area contributed by atoms with Crippen LogP contribution in [0.4, 0.5) is 4.39 Å². The average Bonchev–Trinajstić information content (AvgIpc) is 2.77. The Morgan fingerprint density at radius 1 is 1.56 bits per heavy atom. The minimum absolute atomic E-state index is 0.0319. The van der Waals surface area contributed by atoms with E-state index in [9.17, 15) is 9.18 Å². The maximum absolute atomic E-state index is 13.3. The van der Waals surface area contributed by atoms with Crippen LogP contribution in [0.3, 0.4) is 0 Å². The van der Waals surface area contributed by atoms with Crippen LogP contribution in [0.15, 0.2) is 18.2 Å². The lowest BCUT2D eigenvalue weighted by atomic mass is 10.2. The summed E-state index contributed by atoms with van der Waals surface area (Å²) in [5.74, 6) is -1.55. The Morgan fingerprint density at radius 3 is 2.78 bits per heavy atom. The molecule has 0 saturated heterocycles. The fraction of sp³-hybridized carbons (Fsp3) is 0.167. The zero-order chi connectivity index (χ0) is 13.3. The highest BCUT2D eigenvalue weighted by Gasteiger charge is 2.17. The number of aromatic carboxylic acids is 1. The molecule has 0 radical (unpaired) electrons. The van der Waals surface area contributed by atoms with Crippen molar-refractivity contribution in [3.63, 3.8) is 0 Å². The molecule has 0 bridgehead atoms. The van der Waals surface area contributed by atoms with Gasteiger partial charge in [-0.25, -0.2) is 14.2 Å². The van der Waals surface area contributed by atoms with Crippen LogP contribution in [-0.2, 0) is 6.42 Å². The highest BCUT2D eigenvalue weighted by Crippen LogP contribution is 2.30. The summed E-state index contributed by atoms with van der Waals surface area (Å²) in [5, 5.41) is 9.55. The van der Waals surface area contributed by atoms with Crippen LogP contribution < -0.4 is 0 Å². The van der Waals surface area contributed by atoms with E-state index in [1.807, 2.05) is 6.92 Å². The van der Waals surface area contributed by atoms with Gasteiger partial charge in [0.05, 0.1) is 10.7 Å². The molecule has 0 aliphatic heterocycles. The van der Waals surface area contributed by atoms with Crippen LogP contribution in [0.2, 0.25) is 5.02 Å². The number of nitrogens with zero attached hydrogens (tertiary/aromatic N) is 1.